The lowest BCUT2D eigenvalue weighted by Gasteiger charge is -2.29. The molecule has 0 aliphatic carbocycles. The van der Waals surface area contributed by atoms with Crippen LogP contribution in [0.2, 0.25) is 0 Å². The number of hydrogen-bond acceptors (Lipinski definition) is 3. The van der Waals surface area contributed by atoms with Crippen molar-refractivity contribution in [1.82, 2.24) is 14.9 Å². The highest BCUT2D eigenvalue weighted by Crippen LogP contribution is 2.40. The van der Waals surface area contributed by atoms with Gasteiger partial charge in [0.2, 0.25) is 11.5 Å². The molecule has 25 heavy (non-hydrogen) atoms. The second-order valence-corrected chi connectivity index (χ2v) is 6.32. The topological polar surface area (TPSA) is 67.1 Å². The summed E-state index contributed by atoms with van der Waals surface area (Å²) in [5, 5.41) is 12.3. The number of carbonyl (C=O) groups is 1. The lowest BCUT2D eigenvalue weighted by Crippen LogP contribution is -2.47. The van der Waals surface area contributed by atoms with Gasteiger partial charge in [-0.15, -0.1) is 0 Å². The molecule has 1 unspecified atom stereocenters. The second kappa shape index (κ2) is 7.12. The fourth-order valence-corrected chi connectivity index (χ4v) is 2.65. The molecular formula is C15H14BrF4N3O2. The average Bonchev–Trinajstić information content (AvgIpc) is 2.93. The highest BCUT2D eigenvalue weighted by Gasteiger charge is 2.58. The van der Waals surface area contributed by atoms with Gasteiger partial charge in [0.15, 0.2) is 5.82 Å². The Morgan fingerprint density at radius 2 is 2.08 bits per heavy atom. The number of aromatic nitrogens is 2. The van der Waals surface area contributed by atoms with Crippen molar-refractivity contribution in [3.05, 3.63) is 52.3 Å². The smallest absolute Gasteiger partial charge is 0.374 e. The first kappa shape index (κ1) is 19.4. The lowest BCUT2D eigenvalue weighted by molar-refractivity contribution is -0.271. The van der Waals surface area contributed by atoms with E-state index in [4.69, 9.17) is 0 Å². The third-order valence-electron chi connectivity index (χ3n) is 3.56. The molecule has 0 bridgehead atoms. The molecule has 1 aromatic heterocycles. The number of nitrogens with one attached hydrogen (secondary N) is 1. The van der Waals surface area contributed by atoms with E-state index < -0.39 is 35.7 Å². The van der Waals surface area contributed by atoms with Gasteiger partial charge in [0.1, 0.15) is 5.82 Å². The maximum atomic E-state index is 13.6. The monoisotopic (exact) mass is 423 g/mol. The molecule has 0 saturated carbocycles. The van der Waals surface area contributed by atoms with Crippen molar-refractivity contribution in [3.63, 3.8) is 0 Å². The van der Waals surface area contributed by atoms with Crippen LogP contribution in [0.5, 0.6) is 0 Å². The summed E-state index contributed by atoms with van der Waals surface area (Å²) in [5.41, 5.74) is -3.36. The van der Waals surface area contributed by atoms with Gasteiger partial charge in [-0.1, -0.05) is 15.9 Å². The molecule has 2 N–H and O–H groups in total. The summed E-state index contributed by atoms with van der Waals surface area (Å²) in [6.07, 6.45) is -4.11. The Morgan fingerprint density at radius 1 is 1.40 bits per heavy atom. The molecule has 2 aromatic rings. The molecule has 0 fully saturated rings. The SMILES string of the molecule is Cn1ccnc1C(O)(CC(=O)NCc1cc(Br)ccc1F)C(F)(F)F. The van der Waals surface area contributed by atoms with Crippen LogP contribution in [0.1, 0.15) is 17.8 Å². The number of rotatable bonds is 5. The molecule has 0 saturated heterocycles. The fourth-order valence-electron chi connectivity index (χ4n) is 2.24. The average molecular weight is 424 g/mol. The highest BCUT2D eigenvalue weighted by atomic mass is 79.9. The Balaban J connectivity index is 2.16. The van der Waals surface area contributed by atoms with Crippen molar-refractivity contribution >= 4 is 21.8 Å². The number of aryl methyl sites for hydroxylation is 1. The lowest BCUT2D eigenvalue weighted by atomic mass is 9.97. The zero-order valence-electron chi connectivity index (χ0n) is 12.9. The molecule has 1 aromatic carbocycles. The van der Waals surface area contributed by atoms with E-state index in [1.165, 1.54) is 25.4 Å². The van der Waals surface area contributed by atoms with E-state index in [9.17, 15) is 27.5 Å². The number of hydrogen-bond donors (Lipinski definition) is 2. The van der Waals surface area contributed by atoms with Gasteiger partial charge in [-0.05, 0) is 18.2 Å². The molecule has 10 heteroatoms. The molecule has 5 nitrogen and oxygen atoms in total. The first-order valence-corrected chi connectivity index (χ1v) is 7.81. The van der Waals surface area contributed by atoms with Crippen molar-refractivity contribution in [3.8, 4) is 0 Å². The number of nitrogens with zero attached hydrogens (tertiary/aromatic N) is 2. The summed E-state index contributed by atoms with van der Waals surface area (Å²) in [4.78, 5) is 15.4. The number of alkyl halides is 3. The predicted octanol–water partition coefficient (Wildman–Crippen LogP) is 2.78. The molecule has 0 aliphatic rings. The zero-order chi connectivity index (χ0) is 18.8. The van der Waals surface area contributed by atoms with E-state index >= 15 is 0 Å². The maximum absolute atomic E-state index is 13.6. The molecule has 0 spiro atoms. The van der Waals surface area contributed by atoms with Gasteiger partial charge >= 0.3 is 6.18 Å². The van der Waals surface area contributed by atoms with Crippen molar-refractivity contribution < 1.29 is 27.5 Å². The Kier molecular flexibility index (Phi) is 5.52. The minimum Gasteiger partial charge on any atom is -0.374 e. The van der Waals surface area contributed by atoms with E-state index in [-0.39, 0.29) is 12.1 Å². The van der Waals surface area contributed by atoms with Gasteiger partial charge in [-0.2, -0.15) is 13.2 Å². The number of aliphatic hydroxyl groups is 1. The van der Waals surface area contributed by atoms with Gasteiger partial charge in [-0.25, -0.2) is 9.37 Å². The summed E-state index contributed by atoms with van der Waals surface area (Å²) < 4.78 is 55.2. The summed E-state index contributed by atoms with van der Waals surface area (Å²) in [7, 11) is 1.27. The minimum absolute atomic E-state index is 0.0928. The van der Waals surface area contributed by atoms with Crippen LogP contribution in [-0.4, -0.2) is 26.7 Å². The molecule has 2 rings (SSSR count). The van der Waals surface area contributed by atoms with Crippen molar-refractivity contribution in [2.75, 3.05) is 0 Å². The highest BCUT2D eigenvalue weighted by molar-refractivity contribution is 9.10. The first-order chi connectivity index (χ1) is 11.5. The largest absolute Gasteiger partial charge is 0.425 e. The third-order valence-corrected chi connectivity index (χ3v) is 4.05. The van der Waals surface area contributed by atoms with Crippen LogP contribution in [-0.2, 0) is 24.0 Å². The summed E-state index contributed by atoms with van der Waals surface area (Å²) in [6.45, 7) is -0.321. The number of amides is 1. The van der Waals surface area contributed by atoms with Gasteiger partial charge in [0.25, 0.3) is 0 Å². The molecule has 1 heterocycles. The number of carbonyl (C=O) groups excluding carboxylic acids is 1. The summed E-state index contributed by atoms with van der Waals surface area (Å²) in [5.74, 6) is -2.41. The summed E-state index contributed by atoms with van der Waals surface area (Å²) >= 11 is 3.13. The number of halogens is 5. The van der Waals surface area contributed by atoms with Gasteiger partial charge < -0.3 is 15.0 Å². The zero-order valence-corrected chi connectivity index (χ0v) is 14.5. The Labute approximate surface area is 148 Å². The minimum atomic E-state index is -5.12. The second-order valence-electron chi connectivity index (χ2n) is 5.41. The molecule has 0 aliphatic heterocycles. The van der Waals surface area contributed by atoms with Crippen LogP contribution in [0.4, 0.5) is 17.6 Å². The quantitative estimate of drug-likeness (QED) is 0.726. The summed E-state index contributed by atoms with van der Waals surface area (Å²) in [6, 6.07) is 4.00. The maximum Gasteiger partial charge on any atom is 0.425 e. The Morgan fingerprint density at radius 3 is 2.64 bits per heavy atom. The molecular weight excluding hydrogens is 410 g/mol. The van der Waals surface area contributed by atoms with Crippen LogP contribution in [0.3, 0.4) is 0 Å². The molecule has 136 valence electrons. The van der Waals surface area contributed by atoms with Crippen LogP contribution in [0.25, 0.3) is 0 Å². The third kappa shape index (κ3) is 4.18. The molecule has 1 atom stereocenters. The van der Waals surface area contributed by atoms with Crippen molar-refractivity contribution in [1.29, 1.82) is 0 Å². The van der Waals surface area contributed by atoms with Crippen LogP contribution in [0, 0.1) is 5.82 Å². The first-order valence-electron chi connectivity index (χ1n) is 7.02. The van der Waals surface area contributed by atoms with E-state index in [1.54, 1.807) is 0 Å². The van der Waals surface area contributed by atoms with E-state index in [2.05, 4.69) is 26.2 Å². The fraction of sp³-hybridized carbons (Fsp3) is 0.333. The number of benzene rings is 1. The molecule has 1 amide bonds. The van der Waals surface area contributed by atoms with E-state index in [0.29, 0.717) is 4.47 Å². The van der Waals surface area contributed by atoms with Gasteiger partial charge in [-0.3, -0.25) is 4.79 Å². The van der Waals surface area contributed by atoms with Crippen molar-refractivity contribution in [2.24, 2.45) is 7.05 Å². The van der Waals surface area contributed by atoms with Crippen LogP contribution < -0.4 is 5.32 Å². The van der Waals surface area contributed by atoms with E-state index in [0.717, 1.165) is 16.8 Å². The van der Waals surface area contributed by atoms with Crippen molar-refractivity contribution in [2.45, 2.75) is 24.7 Å². The van der Waals surface area contributed by atoms with Crippen LogP contribution >= 0.6 is 15.9 Å². The van der Waals surface area contributed by atoms with Gasteiger partial charge in [0.05, 0.1) is 6.42 Å². The van der Waals surface area contributed by atoms with Gasteiger partial charge in [0, 0.05) is 36.0 Å². The van der Waals surface area contributed by atoms with E-state index in [1.807, 2.05) is 0 Å². The normalized spacial score (nSPS) is 14.2. The Hall–Kier alpha value is -1.94. The number of imidazole rings is 1. The Bertz CT molecular complexity index is 778. The standard InChI is InChI=1S/C15H14BrF4N3O2/c1-23-5-4-21-13(23)14(25,15(18,19)20)7-12(24)22-8-9-6-10(16)2-3-11(9)17/h2-6,25H,7-8H2,1H3,(H,22,24). The van der Waals surface area contributed by atoms with Crippen LogP contribution in [0.15, 0.2) is 35.1 Å². The predicted molar refractivity (Wildman–Crippen MR) is 83.7 cm³/mol. The molecule has 0 radical (unpaired) electrons.